The van der Waals surface area contributed by atoms with Crippen LogP contribution in [0.15, 0.2) is 36.0 Å². The zero-order valence-corrected chi connectivity index (χ0v) is 15.6. The second kappa shape index (κ2) is 7.79. The molecule has 1 N–H and O–H groups in total. The van der Waals surface area contributed by atoms with Gasteiger partial charge in [-0.2, -0.15) is 10.1 Å². The average Bonchev–Trinajstić information content (AvgIpc) is 3.00. The molecule has 2 aromatic rings. The first-order chi connectivity index (χ1) is 12.9. The van der Waals surface area contributed by atoms with Gasteiger partial charge >= 0.3 is 0 Å². The monoisotopic (exact) mass is 392 g/mol. The van der Waals surface area contributed by atoms with Gasteiger partial charge in [0.15, 0.2) is 5.82 Å². The molecular weight excluding hydrogens is 375 g/mol. The maximum Gasteiger partial charge on any atom is 0.257 e. The molecule has 3 rings (SSSR count). The highest BCUT2D eigenvalue weighted by molar-refractivity contribution is 6.31. The highest BCUT2D eigenvalue weighted by Gasteiger charge is 2.21. The molecule has 0 radical (unpaired) electrons. The van der Waals surface area contributed by atoms with Crippen LogP contribution in [0.25, 0.3) is 0 Å². The third kappa shape index (κ3) is 3.95. The summed E-state index contributed by atoms with van der Waals surface area (Å²) in [5.41, 5.74) is 0.627. The minimum atomic E-state index is -0.584. The molecule has 0 saturated heterocycles. The molecule has 9 heteroatoms. The third-order valence-electron chi connectivity index (χ3n) is 3.93. The molecule has 7 nitrogen and oxygen atoms in total. The molecule has 1 aliphatic rings. The first-order valence-electron chi connectivity index (χ1n) is 8.17. The van der Waals surface area contributed by atoms with Gasteiger partial charge in [0, 0.05) is 7.05 Å². The summed E-state index contributed by atoms with van der Waals surface area (Å²) in [4.78, 5) is 16.9. The van der Waals surface area contributed by atoms with Gasteiger partial charge in [0.05, 0.1) is 22.8 Å². The number of carbonyl (C=O) groups excluding carboxylic acids is 1. The number of hydrogen-bond donors (Lipinski definition) is 1. The van der Waals surface area contributed by atoms with E-state index in [1.54, 1.807) is 14.0 Å². The number of carbonyl (C=O) groups is 1. The van der Waals surface area contributed by atoms with Crippen LogP contribution in [0, 0.1) is 5.82 Å². The molecule has 0 spiro atoms. The van der Waals surface area contributed by atoms with Crippen molar-refractivity contribution in [2.75, 3.05) is 6.61 Å². The van der Waals surface area contributed by atoms with Crippen molar-refractivity contribution in [1.29, 1.82) is 0 Å². The summed E-state index contributed by atoms with van der Waals surface area (Å²) in [5.74, 6) is -0.131. The summed E-state index contributed by atoms with van der Waals surface area (Å²) in [6.45, 7) is 5.52. The third-order valence-corrected chi connectivity index (χ3v) is 4.34. The fraction of sp³-hybridized carbons (Fsp3) is 0.278. The fourth-order valence-electron chi connectivity index (χ4n) is 2.51. The molecule has 1 aromatic carbocycles. The number of rotatable bonds is 1. The minimum absolute atomic E-state index is 0.0836. The van der Waals surface area contributed by atoms with Crippen LogP contribution in [0.4, 0.5) is 10.2 Å². The van der Waals surface area contributed by atoms with Gasteiger partial charge in [0.1, 0.15) is 30.3 Å². The van der Waals surface area contributed by atoms with Crippen LogP contribution in [0.3, 0.4) is 0 Å². The lowest BCUT2D eigenvalue weighted by Gasteiger charge is -2.17. The Bertz CT molecular complexity index is 926. The molecule has 142 valence electrons. The lowest BCUT2D eigenvalue weighted by atomic mass is 10.2. The highest BCUT2D eigenvalue weighted by Crippen LogP contribution is 2.30. The van der Waals surface area contributed by atoms with E-state index in [0.717, 1.165) is 0 Å². The van der Waals surface area contributed by atoms with Crippen molar-refractivity contribution >= 4 is 29.2 Å². The van der Waals surface area contributed by atoms with Gasteiger partial charge in [0.2, 0.25) is 5.90 Å². The van der Waals surface area contributed by atoms with E-state index in [-0.39, 0.29) is 41.6 Å². The lowest BCUT2D eigenvalue weighted by molar-refractivity contribution is 0.0927. The summed E-state index contributed by atoms with van der Waals surface area (Å²) in [6, 6.07) is 2.36. The van der Waals surface area contributed by atoms with E-state index in [2.05, 4.69) is 22.0 Å². The number of aryl methyl sites for hydroxylation is 1. The normalized spacial score (nSPS) is 17.6. The number of ether oxygens (including phenoxy) is 2. The molecule has 0 fully saturated rings. The van der Waals surface area contributed by atoms with E-state index in [4.69, 9.17) is 21.1 Å². The largest absolute Gasteiger partial charge is 0.491 e. The zero-order valence-electron chi connectivity index (χ0n) is 14.8. The molecule has 27 heavy (non-hydrogen) atoms. The first kappa shape index (κ1) is 18.9. The second-order valence-corrected chi connectivity index (χ2v) is 6.35. The Morgan fingerprint density at radius 3 is 2.96 bits per heavy atom. The Balaban J connectivity index is 2.07. The Morgan fingerprint density at radius 2 is 2.22 bits per heavy atom. The van der Waals surface area contributed by atoms with Crippen molar-refractivity contribution in [1.82, 2.24) is 15.1 Å². The van der Waals surface area contributed by atoms with E-state index in [0.29, 0.717) is 17.1 Å². The van der Waals surface area contributed by atoms with Crippen LogP contribution in [0.2, 0.25) is 5.02 Å². The van der Waals surface area contributed by atoms with E-state index < -0.39 is 5.82 Å². The van der Waals surface area contributed by atoms with E-state index in [9.17, 15) is 9.18 Å². The average molecular weight is 393 g/mol. The number of fused-ring (bicyclic) bond motifs is 2. The Morgan fingerprint density at radius 1 is 1.44 bits per heavy atom. The number of nitrogens with one attached hydrogen (secondary N) is 1. The summed E-state index contributed by atoms with van der Waals surface area (Å²) >= 11 is 6.09. The number of benzene rings is 1. The van der Waals surface area contributed by atoms with Crippen LogP contribution in [-0.2, 0) is 18.4 Å². The van der Waals surface area contributed by atoms with Gasteiger partial charge in [-0.05, 0) is 25.1 Å². The molecule has 0 saturated carbocycles. The zero-order chi connectivity index (χ0) is 19.6. The number of hydrogen-bond acceptors (Lipinski definition) is 5. The maximum absolute atomic E-state index is 13.9. The predicted octanol–water partition coefficient (Wildman–Crippen LogP) is 3.16. The van der Waals surface area contributed by atoms with Crippen molar-refractivity contribution in [2.45, 2.75) is 19.6 Å². The minimum Gasteiger partial charge on any atom is -0.491 e. The summed E-state index contributed by atoms with van der Waals surface area (Å²) in [5, 5.41) is 6.79. The Kier molecular flexibility index (Phi) is 5.46. The van der Waals surface area contributed by atoms with Gasteiger partial charge in [0.25, 0.3) is 5.91 Å². The van der Waals surface area contributed by atoms with Crippen molar-refractivity contribution in [2.24, 2.45) is 12.0 Å². The van der Waals surface area contributed by atoms with Crippen LogP contribution >= 0.6 is 11.6 Å². The Labute approximate surface area is 160 Å². The number of halogens is 2. The molecular formula is C18H18ClFN4O3. The second-order valence-electron chi connectivity index (χ2n) is 5.97. The molecule has 1 aliphatic heterocycles. The van der Waals surface area contributed by atoms with Crippen LogP contribution in [-0.4, -0.2) is 34.2 Å². The molecule has 2 heterocycles. The van der Waals surface area contributed by atoms with Gasteiger partial charge < -0.3 is 14.8 Å². The fourth-order valence-corrected chi connectivity index (χ4v) is 2.72. The molecule has 1 aromatic heterocycles. The van der Waals surface area contributed by atoms with E-state index >= 15 is 0 Å². The molecule has 1 amide bonds. The van der Waals surface area contributed by atoms with E-state index in [1.165, 1.54) is 29.1 Å². The van der Waals surface area contributed by atoms with Crippen LogP contribution < -0.4 is 10.1 Å². The van der Waals surface area contributed by atoms with Crippen molar-refractivity contribution < 1.29 is 18.7 Å². The Hall–Kier alpha value is -2.87. The lowest BCUT2D eigenvalue weighted by Crippen LogP contribution is -2.36. The topological polar surface area (TPSA) is 77.7 Å². The quantitative estimate of drug-likeness (QED) is 0.808. The van der Waals surface area contributed by atoms with Gasteiger partial charge in [-0.1, -0.05) is 18.2 Å². The summed E-state index contributed by atoms with van der Waals surface area (Å²) in [7, 11) is 1.66. The SMILES string of the molecule is C=CC1=Nc2c(cnn2C)C(=O)NC(C)COc2ccc(F)c(Cl)c2CO1. The van der Waals surface area contributed by atoms with E-state index in [1.807, 2.05) is 0 Å². The predicted molar refractivity (Wildman–Crippen MR) is 99.1 cm³/mol. The molecule has 0 aliphatic carbocycles. The maximum atomic E-state index is 13.9. The first-order valence-corrected chi connectivity index (χ1v) is 8.55. The smallest absolute Gasteiger partial charge is 0.257 e. The highest BCUT2D eigenvalue weighted by atomic mass is 35.5. The van der Waals surface area contributed by atoms with Crippen molar-refractivity contribution in [3.8, 4) is 5.75 Å². The van der Waals surface area contributed by atoms with Crippen LogP contribution in [0.5, 0.6) is 5.75 Å². The van der Waals surface area contributed by atoms with Gasteiger partial charge in [-0.3, -0.25) is 9.48 Å². The number of amides is 1. The van der Waals surface area contributed by atoms with Crippen molar-refractivity contribution in [3.05, 3.63) is 53.0 Å². The summed E-state index contributed by atoms with van der Waals surface area (Å²) in [6.07, 6.45) is 2.80. The summed E-state index contributed by atoms with van der Waals surface area (Å²) < 4.78 is 26.7. The van der Waals surface area contributed by atoms with Gasteiger partial charge in [-0.25, -0.2) is 4.39 Å². The number of nitrogens with zero attached hydrogens (tertiary/aromatic N) is 3. The standard InChI is InChI=1S/C18H18ClFN4O3/c1-4-15-23-17-11(7-21-24(17)3)18(25)22-10(2)8-26-14-6-5-13(20)16(19)12(14)9-27-15/h4-7,10H,1,8-9H2,2-3H3,(H,22,25). The van der Waals surface area contributed by atoms with Crippen LogP contribution in [0.1, 0.15) is 22.8 Å². The molecule has 1 unspecified atom stereocenters. The van der Waals surface area contributed by atoms with Gasteiger partial charge in [-0.15, -0.1) is 0 Å². The number of aliphatic imine (C=N–C) groups is 1. The molecule has 0 bridgehead atoms. The van der Waals surface area contributed by atoms with Crippen molar-refractivity contribution in [3.63, 3.8) is 0 Å². The molecule has 1 atom stereocenters. The number of aromatic nitrogens is 2.